The Kier molecular flexibility index (Phi) is 3.88. The average Bonchev–Trinajstić information content (AvgIpc) is 2.96. The largest absolute Gasteiger partial charge is 0.481 e. The van der Waals surface area contributed by atoms with Crippen LogP contribution in [0.3, 0.4) is 0 Å². The van der Waals surface area contributed by atoms with Crippen molar-refractivity contribution in [3.8, 4) is 6.07 Å². The Balaban J connectivity index is 2.56. The molecule has 16 heavy (non-hydrogen) atoms. The van der Waals surface area contributed by atoms with Crippen molar-refractivity contribution in [3.05, 3.63) is 0 Å². The minimum absolute atomic E-state index is 0.0101. The molecule has 0 radical (unpaired) electrons. The third-order valence-corrected chi connectivity index (χ3v) is 2.80. The summed E-state index contributed by atoms with van der Waals surface area (Å²) >= 11 is 0. The van der Waals surface area contributed by atoms with Crippen LogP contribution >= 0.6 is 0 Å². The Hall–Kier alpha value is -1.57. The maximum Gasteiger partial charge on any atom is 0.307 e. The highest BCUT2D eigenvalue weighted by Gasteiger charge is 2.49. The van der Waals surface area contributed by atoms with Crippen molar-refractivity contribution in [1.29, 1.82) is 5.26 Å². The second kappa shape index (κ2) is 4.97. The summed E-state index contributed by atoms with van der Waals surface area (Å²) in [5.41, 5.74) is 0. The van der Waals surface area contributed by atoms with Gasteiger partial charge in [0.1, 0.15) is 0 Å². The number of nitrogens with zero attached hydrogens (tertiary/aromatic N) is 2. The molecule has 1 aliphatic rings. The first-order valence-corrected chi connectivity index (χ1v) is 5.39. The van der Waals surface area contributed by atoms with Gasteiger partial charge in [0.05, 0.1) is 24.3 Å². The van der Waals surface area contributed by atoms with Crippen LogP contribution in [0.1, 0.15) is 26.7 Å². The molecule has 0 aromatic heterocycles. The van der Waals surface area contributed by atoms with Crippen LogP contribution < -0.4 is 0 Å². The van der Waals surface area contributed by atoms with Gasteiger partial charge in [-0.25, -0.2) is 0 Å². The lowest BCUT2D eigenvalue weighted by molar-refractivity contribution is -0.142. The van der Waals surface area contributed by atoms with Crippen molar-refractivity contribution >= 4 is 11.9 Å². The highest BCUT2D eigenvalue weighted by molar-refractivity contribution is 5.89. The summed E-state index contributed by atoms with van der Waals surface area (Å²) in [7, 11) is 0. The van der Waals surface area contributed by atoms with Gasteiger partial charge in [-0.2, -0.15) is 5.26 Å². The van der Waals surface area contributed by atoms with Gasteiger partial charge in [0.15, 0.2) is 0 Å². The van der Waals surface area contributed by atoms with E-state index >= 15 is 0 Å². The Labute approximate surface area is 94.7 Å². The second-order valence-electron chi connectivity index (χ2n) is 4.32. The third-order valence-electron chi connectivity index (χ3n) is 2.80. The van der Waals surface area contributed by atoms with Crippen LogP contribution in [0.5, 0.6) is 0 Å². The van der Waals surface area contributed by atoms with Crippen molar-refractivity contribution in [2.75, 3.05) is 6.54 Å². The standard InChI is InChI=1S/C11H16N2O3/c1-7(2)13(5-3-4-12)10(14)8-6-9(8)11(15)16/h7-9H,3,5-6H2,1-2H3,(H,15,16). The van der Waals surface area contributed by atoms with Crippen molar-refractivity contribution in [3.63, 3.8) is 0 Å². The molecule has 0 saturated heterocycles. The number of nitriles is 1. The maximum atomic E-state index is 11.9. The summed E-state index contributed by atoms with van der Waals surface area (Å²) in [6.45, 7) is 4.12. The van der Waals surface area contributed by atoms with E-state index in [1.807, 2.05) is 19.9 Å². The monoisotopic (exact) mass is 224 g/mol. The highest BCUT2D eigenvalue weighted by atomic mass is 16.4. The molecule has 0 spiro atoms. The van der Waals surface area contributed by atoms with Crippen molar-refractivity contribution < 1.29 is 14.7 Å². The minimum Gasteiger partial charge on any atom is -0.481 e. The molecule has 1 N–H and O–H groups in total. The van der Waals surface area contributed by atoms with Gasteiger partial charge in [-0.1, -0.05) is 0 Å². The van der Waals surface area contributed by atoms with Gasteiger partial charge < -0.3 is 10.0 Å². The Morgan fingerprint density at radius 2 is 2.12 bits per heavy atom. The summed E-state index contributed by atoms with van der Waals surface area (Å²) in [6.07, 6.45) is 0.721. The lowest BCUT2D eigenvalue weighted by atomic mass is 10.2. The van der Waals surface area contributed by atoms with Gasteiger partial charge in [0.2, 0.25) is 5.91 Å². The van der Waals surface area contributed by atoms with E-state index in [1.54, 1.807) is 4.90 Å². The molecule has 0 aromatic rings. The van der Waals surface area contributed by atoms with Crippen LogP contribution in [-0.2, 0) is 9.59 Å². The zero-order valence-electron chi connectivity index (χ0n) is 9.51. The predicted octanol–water partition coefficient (Wildman–Crippen LogP) is 0.858. The maximum absolute atomic E-state index is 11.9. The molecule has 88 valence electrons. The molecule has 0 aliphatic heterocycles. The molecule has 1 fully saturated rings. The molecule has 2 atom stereocenters. The highest BCUT2D eigenvalue weighted by Crippen LogP contribution is 2.40. The van der Waals surface area contributed by atoms with E-state index in [-0.39, 0.29) is 24.3 Å². The number of amides is 1. The van der Waals surface area contributed by atoms with Crippen LogP contribution in [0.25, 0.3) is 0 Å². The third kappa shape index (κ3) is 2.72. The minimum atomic E-state index is -0.901. The molecular weight excluding hydrogens is 208 g/mol. The number of rotatable bonds is 5. The van der Waals surface area contributed by atoms with E-state index in [2.05, 4.69) is 0 Å². The fourth-order valence-electron chi connectivity index (χ4n) is 1.75. The van der Waals surface area contributed by atoms with E-state index in [9.17, 15) is 9.59 Å². The number of hydrogen-bond acceptors (Lipinski definition) is 3. The number of carbonyl (C=O) groups is 2. The summed E-state index contributed by atoms with van der Waals surface area (Å²) in [5, 5.41) is 17.2. The van der Waals surface area contributed by atoms with E-state index < -0.39 is 11.9 Å². The molecule has 1 amide bonds. The number of carboxylic acid groups (broad SMARTS) is 1. The normalized spacial score (nSPS) is 22.6. The Morgan fingerprint density at radius 3 is 2.50 bits per heavy atom. The lowest BCUT2D eigenvalue weighted by Gasteiger charge is -2.25. The molecular formula is C11H16N2O3. The molecule has 0 aromatic carbocycles. The Morgan fingerprint density at radius 1 is 1.50 bits per heavy atom. The second-order valence-corrected chi connectivity index (χ2v) is 4.32. The van der Waals surface area contributed by atoms with Crippen LogP contribution in [0, 0.1) is 23.2 Å². The first-order chi connectivity index (χ1) is 7.49. The predicted molar refractivity (Wildman–Crippen MR) is 56.3 cm³/mol. The number of carbonyl (C=O) groups excluding carboxylic acids is 1. The number of carboxylic acids is 1. The summed E-state index contributed by atoms with van der Waals surface area (Å²) in [6, 6.07) is 2.00. The summed E-state index contributed by atoms with van der Waals surface area (Å²) < 4.78 is 0. The first kappa shape index (κ1) is 12.5. The van der Waals surface area contributed by atoms with E-state index in [1.165, 1.54) is 0 Å². The SMILES string of the molecule is CC(C)N(CCC#N)C(=O)C1CC1C(=O)O. The van der Waals surface area contributed by atoms with Crippen LogP contribution in [-0.4, -0.2) is 34.5 Å². The van der Waals surface area contributed by atoms with Gasteiger partial charge in [-0.3, -0.25) is 9.59 Å². The molecule has 1 aliphatic carbocycles. The van der Waals surface area contributed by atoms with Gasteiger partial charge in [0.25, 0.3) is 0 Å². The van der Waals surface area contributed by atoms with Crippen molar-refractivity contribution in [2.24, 2.45) is 11.8 Å². The summed E-state index contributed by atoms with van der Waals surface area (Å²) in [4.78, 5) is 24.2. The summed E-state index contributed by atoms with van der Waals surface area (Å²) in [5.74, 6) is -1.92. The van der Waals surface area contributed by atoms with Gasteiger partial charge >= 0.3 is 5.97 Å². The van der Waals surface area contributed by atoms with Gasteiger partial charge in [0, 0.05) is 12.6 Å². The fourth-order valence-corrected chi connectivity index (χ4v) is 1.75. The van der Waals surface area contributed by atoms with E-state index in [4.69, 9.17) is 10.4 Å². The first-order valence-electron chi connectivity index (χ1n) is 5.39. The smallest absolute Gasteiger partial charge is 0.307 e. The molecule has 2 unspecified atom stereocenters. The zero-order valence-corrected chi connectivity index (χ0v) is 9.51. The molecule has 0 heterocycles. The van der Waals surface area contributed by atoms with Crippen LogP contribution in [0.2, 0.25) is 0 Å². The van der Waals surface area contributed by atoms with E-state index in [0.29, 0.717) is 13.0 Å². The average molecular weight is 224 g/mol. The molecule has 5 heteroatoms. The zero-order chi connectivity index (χ0) is 12.3. The van der Waals surface area contributed by atoms with Gasteiger partial charge in [-0.05, 0) is 20.3 Å². The lowest BCUT2D eigenvalue weighted by Crippen LogP contribution is -2.39. The Bertz CT molecular complexity index is 333. The molecule has 1 rings (SSSR count). The number of hydrogen-bond donors (Lipinski definition) is 1. The number of aliphatic carboxylic acids is 1. The van der Waals surface area contributed by atoms with Gasteiger partial charge in [-0.15, -0.1) is 0 Å². The quantitative estimate of drug-likeness (QED) is 0.750. The van der Waals surface area contributed by atoms with Crippen LogP contribution in [0.15, 0.2) is 0 Å². The molecule has 1 saturated carbocycles. The topological polar surface area (TPSA) is 81.4 Å². The molecule has 0 bridgehead atoms. The van der Waals surface area contributed by atoms with Crippen LogP contribution in [0.4, 0.5) is 0 Å². The fraction of sp³-hybridized carbons (Fsp3) is 0.727. The van der Waals surface area contributed by atoms with E-state index in [0.717, 1.165) is 0 Å². The van der Waals surface area contributed by atoms with Crippen molar-refractivity contribution in [2.45, 2.75) is 32.7 Å². The van der Waals surface area contributed by atoms with Crippen molar-refractivity contribution in [1.82, 2.24) is 4.90 Å². The molecule has 5 nitrogen and oxygen atoms in total.